The second-order valence-electron chi connectivity index (χ2n) is 7.70. The molecule has 1 aliphatic carbocycles. The van der Waals surface area contributed by atoms with Gasteiger partial charge in [0.25, 0.3) is 0 Å². The fourth-order valence-corrected chi connectivity index (χ4v) is 4.50. The molecule has 3 aromatic rings. The summed E-state index contributed by atoms with van der Waals surface area (Å²) >= 11 is 0. The molecule has 148 valence electrons. The molecular formula is C26H20O4. The monoisotopic (exact) mass is 396 g/mol. The highest BCUT2D eigenvalue weighted by Gasteiger charge is 2.40. The summed E-state index contributed by atoms with van der Waals surface area (Å²) in [4.78, 5) is 25.6. The van der Waals surface area contributed by atoms with Crippen molar-refractivity contribution < 1.29 is 19.4 Å². The molecular weight excluding hydrogens is 376 g/mol. The van der Waals surface area contributed by atoms with Gasteiger partial charge in [-0.15, -0.1) is 0 Å². The Hall–Kier alpha value is -3.66. The number of rotatable bonds is 5. The zero-order valence-corrected chi connectivity index (χ0v) is 16.2. The molecule has 0 amide bonds. The van der Waals surface area contributed by atoms with Crippen LogP contribution in [-0.2, 0) is 20.7 Å². The number of Topliss-reactive ketones (excluding diaryl/α,β-unsaturated/α-hetero) is 1. The number of hydrogen-bond donors (Lipinski definition) is 1. The number of ether oxygens (including phenoxy) is 1. The third kappa shape index (κ3) is 3.01. The van der Waals surface area contributed by atoms with Gasteiger partial charge in [0.1, 0.15) is 5.57 Å². The Morgan fingerprint density at radius 1 is 0.833 bits per heavy atom. The molecule has 1 heterocycles. The standard InChI is InChI=1S/C26H20O4/c27-22(24-25(28)23(30-26(24)29)14-16-8-2-1-3-9-16)15-21-19-12-6-4-10-17(19)18-11-5-7-13-20(18)21/h1-13,21,23,28H,14-15H2. The molecule has 0 aromatic heterocycles. The predicted molar refractivity (Wildman–Crippen MR) is 113 cm³/mol. The summed E-state index contributed by atoms with van der Waals surface area (Å²) in [5.41, 5.74) is 5.07. The summed E-state index contributed by atoms with van der Waals surface area (Å²) in [6.07, 6.45) is -0.368. The van der Waals surface area contributed by atoms with Crippen molar-refractivity contribution in [2.24, 2.45) is 0 Å². The van der Waals surface area contributed by atoms with E-state index >= 15 is 0 Å². The first-order valence-electron chi connectivity index (χ1n) is 10.0. The van der Waals surface area contributed by atoms with Crippen LogP contribution >= 0.6 is 0 Å². The number of fused-ring (bicyclic) bond motifs is 3. The second-order valence-corrected chi connectivity index (χ2v) is 7.70. The third-order valence-electron chi connectivity index (χ3n) is 5.91. The maximum Gasteiger partial charge on any atom is 0.346 e. The van der Waals surface area contributed by atoms with Gasteiger partial charge in [0.05, 0.1) is 0 Å². The predicted octanol–water partition coefficient (Wildman–Crippen LogP) is 4.74. The van der Waals surface area contributed by atoms with Crippen molar-refractivity contribution in [1.29, 1.82) is 0 Å². The van der Waals surface area contributed by atoms with Gasteiger partial charge in [-0.25, -0.2) is 4.79 Å². The third-order valence-corrected chi connectivity index (χ3v) is 5.91. The molecule has 3 aromatic carbocycles. The van der Waals surface area contributed by atoms with Gasteiger partial charge in [0.2, 0.25) is 0 Å². The van der Waals surface area contributed by atoms with Crippen molar-refractivity contribution in [3.05, 3.63) is 107 Å². The van der Waals surface area contributed by atoms with Crippen molar-refractivity contribution in [2.75, 3.05) is 0 Å². The highest BCUT2D eigenvalue weighted by atomic mass is 16.6. The molecule has 1 aliphatic heterocycles. The second kappa shape index (κ2) is 7.30. The Morgan fingerprint density at radius 3 is 2.03 bits per heavy atom. The molecule has 4 nitrogen and oxygen atoms in total. The number of aliphatic hydroxyl groups is 1. The van der Waals surface area contributed by atoms with Crippen LogP contribution in [0.3, 0.4) is 0 Å². The zero-order chi connectivity index (χ0) is 20.7. The van der Waals surface area contributed by atoms with Crippen LogP contribution in [0.5, 0.6) is 0 Å². The van der Waals surface area contributed by atoms with E-state index in [1.54, 1.807) is 0 Å². The van der Waals surface area contributed by atoms with Gasteiger partial charge in [-0.05, 0) is 27.8 Å². The molecule has 0 spiro atoms. The summed E-state index contributed by atoms with van der Waals surface area (Å²) in [5.74, 6) is -1.53. The summed E-state index contributed by atoms with van der Waals surface area (Å²) in [5, 5.41) is 10.6. The minimum Gasteiger partial charge on any atom is -0.507 e. The number of benzene rings is 3. The topological polar surface area (TPSA) is 63.6 Å². The van der Waals surface area contributed by atoms with Crippen LogP contribution in [0, 0.1) is 0 Å². The van der Waals surface area contributed by atoms with Crippen molar-refractivity contribution >= 4 is 11.8 Å². The fourth-order valence-electron chi connectivity index (χ4n) is 4.50. The van der Waals surface area contributed by atoms with Gasteiger partial charge in [-0.2, -0.15) is 0 Å². The van der Waals surface area contributed by atoms with Gasteiger partial charge in [0, 0.05) is 18.8 Å². The van der Waals surface area contributed by atoms with Crippen molar-refractivity contribution in [3.63, 3.8) is 0 Å². The summed E-state index contributed by atoms with van der Waals surface area (Å²) in [6, 6.07) is 25.5. The molecule has 5 rings (SSSR count). The number of cyclic esters (lactones) is 1. The lowest BCUT2D eigenvalue weighted by Crippen LogP contribution is -2.15. The maximum atomic E-state index is 13.1. The number of carbonyl (C=O) groups is 2. The molecule has 30 heavy (non-hydrogen) atoms. The lowest BCUT2D eigenvalue weighted by molar-refractivity contribution is -0.141. The van der Waals surface area contributed by atoms with E-state index in [4.69, 9.17) is 4.74 Å². The molecule has 2 aliphatic rings. The molecule has 4 heteroatoms. The zero-order valence-electron chi connectivity index (χ0n) is 16.2. The average molecular weight is 396 g/mol. The minimum atomic E-state index is -0.818. The van der Waals surface area contributed by atoms with Crippen molar-refractivity contribution in [3.8, 4) is 11.1 Å². The van der Waals surface area contributed by atoms with E-state index in [2.05, 4.69) is 12.1 Å². The van der Waals surface area contributed by atoms with Crippen LogP contribution in [0.25, 0.3) is 11.1 Å². The van der Waals surface area contributed by atoms with Crippen LogP contribution in [-0.4, -0.2) is 23.0 Å². The van der Waals surface area contributed by atoms with Crippen LogP contribution in [0.4, 0.5) is 0 Å². The lowest BCUT2D eigenvalue weighted by atomic mass is 9.89. The molecule has 1 unspecified atom stereocenters. The van der Waals surface area contributed by atoms with Gasteiger partial charge >= 0.3 is 5.97 Å². The number of ketones is 1. The SMILES string of the molecule is O=C(CC1c2ccccc2-c2ccccc21)C1=C(O)C(Cc2ccccc2)OC1=O. The van der Waals surface area contributed by atoms with Crippen molar-refractivity contribution in [2.45, 2.75) is 24.9 Å². The minimum absolute atomic E-state index is 0.112. The Morgan fingerprint density at radius 2 is 1.40 bits per heavy atom. The van der Waals surface area contributed by atoms with Gasteiger partial charge in [-0.3, -0.25) is 4.79 Å². The number of aliphatic hydroxyl groups excluding tert-OH is 1. The van der Waals surface area contributed by atoms with E-state index in [-0.39, 0.29) is 29.5 Å². The summed E-state index contributed by atoms with van der Waals surface area (Å²) in [7, 11) is 0. The lowest BCUT2D eigenvalue weighted by Gasteiger charge is -2.12. The van der Waals surface area contributed by atoms with Crippen LogP contribution < -0.4 is 0 Å². The normalized spacial score (nSPS) is 17.6. The van der Waals surface area contributed by atoms with E-state index < -0.39 is 12.1 Å². The number of hydrogen-bond acceptors (Lipinski definition) is 4. The van der Waals surface area contributed by atoms with E-state index in [1.165, 1.54) is 0 Å². The quantitative estimate of drug-likeness (QED) is 0.500. The molecule has 0 saturated carbocycles. The Kier molecular flexibility index (Phi) is 4.47. The Labute approximate surface area is 174 Å². The van der Waals surface area contributed by atoms with E-state index in [1.807, 2.05) is 66.7 Å². The van der Waals surface area contributed by atoms with E-state index in [0.717, 1.165) is 27.8 Å². The number of esters is 1. The first-order valence-corrected chi connectivity index (χ1v) is 10.0. The van der Waals surface area contributed by atoms with Crippen LogP contribution in [0.15, 0.2) is 90.2 Å². The van der Waals surface area contributed by atoms with Gasteiger partial charge in [-0.1, -0.05) is 78.9 Å². The smallest absolute Gasteiger partial charge is 0.346 e. The maximum absolute atomic E-state index is 13.1. The summed E-state index contributed by atoms with van der Waals surface area (Å²) < 4.78 is 5.33. The Bertz CT molecular complexity index is 1130. The van der Waals surface area contributed by atoms with Gasteiger partial charge in [0.15, 0.2) is 17.6 Å². The molecule has 0 saturated heterocycles. The van der Waals surface area contributed by atoms with E-state index in [9.17, 15) is 14.7 Å². The fraction of sp³-hybridized carbons (Fsp3) is 0.154. The molecule has 1 N–H and O–H groups in total. The van der Waals surface area contributed by atoms with E-state index in [0.29, 0.717) is 6.42 Å². The average Bonchev–Trinajstić information content (AvgIpc) is 3.23. The summed E-state index contributed by atoms with van der Waals surface area (Å²) in [6.45, 7) is 0. The highest BCUT2D eigenvalue weighted by molar-refractivity contribution is 6.19. The van der Waals surface area contributed by atoms with Crippen molar-refractivity contribution in [1.82, 2.24) is 0 Å². The molecule has 0 radical (unpaired) electrons. The molecule has 1 atom stereocenters. The molecule has 0 bridgehead atoms. The molecule has 0 fully saturated rings. The first kappa shape index (κ1) is 18.4. The van der Waals surface area contributed by atoms with Crippen LogP contribution in [0.1, 0.15) is 29.0 Å². The number of carbonyl (C=O) groups excluding carboxylic acids is 2. The largest absolute Gasteiger partial charge is 0.507 e. The van der Waals surface area contributed by atoms with Gasteiger partial charge < -0.3 is 9.84 Å². The van der Waals surface area contributed by atoms with Crippen LogP contribution in [0.2, 0.25) is 0 Å². The Balaban J connectivity index is 1.43. The highest BCUT2D eigenvalue weighted by Crippen LogP contribution is 2.46. The first-order chi connectivity index (χ1) is 14.6.